The highest BCUT2D eigenvalue weighted by molar-refractivity contribution is 7.92. The number of halogens is 1. The maximum atomic E-state index is 12.5. The average molecular weight is 445 g/mol. The van der Waals surface area contributed by atoms with Crippen molar-refractivity contribution >= 4 is 27.5 Å². The van der Waals surface area contributed by atoms with Gasteiger partial charge in [-0.15, -0.1) is 0 Å². The maximum absolute atomic E-state index is 12.5. The van der Waals surface area contributed by atoms with Gasteiger partial charge in [0.2, 0.25) is 0 Å². The molecule has 2 aliphatic rings. The molecule has 0 unspecified atom stereocenters. The van der Waals surface area contributed by atoms with Crippen LogP contribution in [-0.4, -0.2) is 28.9 Å². The molecular weight excluding hydrogens is 416 g/mol. The summed E-state index contributed by atoms with van der Waals surface area (Å²) in [7, 11) is -3.05. The number of nitrogens with zero attached hydrogens (tertiary/aromatic N) is 2. The van der Waals surface area contributed by atoms with Crippen LogP contribution in [0.2, 0.25) is 5.15 Å². The van der Waals surface area contributed by atoms with Gasteiger partial charge < -0.3 is 0 Å². The van der Waals surface area contributed by atoms with Crippen LogP contribution < -0.4 is 0 Å². The second-order valence-corrected chi connectivity index (χ2v) is 12.8. The summed E-state index contributed by atoms with van der Waals surface area (Å²) in [6, 6.07) is 7.97. The molecule has 2 aliphatic carbocycles. The van der Waals surface area contributed by atoms with Crippen LogP contribution >= 0.6 is 11.6 Å². The Hall–Kier alpha value is -1.72. The van der Waals surface area contributed by atoms with Gasteiger partial charge in [0, 0.05) is 11.8 Å². The smallest absolute Gasteiger partial charge is 0.155 e. The molecule has 2 aromatic heterocycles. The zero-order valence-corrected chi connectivity index (χ0v) is 19.4. The van der Waals surface area contributed by atoms with E-state index < -0.39 is 14.6 Å². The number of allylic oxidation sites excluding steroid dienone is 1. The predicted octanol–water partition coefficient (Wildman–Crippen LogP) is 5.76. The first-order valence-corrected chi connectivity index (χ1v) is 12.7. The van der Waals surface area contributed by atoms with Gasteiger partial charge in [0.1, 0.15) is 5.15 Å². The first kappa shape index (κ1) is 21.5. The Morgan fingerprint density at radius 3 is 2.50 bits per heavy atom. The van der Waals surface area contributed by atoms with E-state index in [1.54, 1.807) is 27.0 Å². The summed E-state index contributed by atoms with van der Waals surface area (Å²) in [6.07, 6.45) is 9.01. The van der Waals surface area contributed by atoms with Gasteiger partial charge in [-0.2, -0.15) is 0 Å². The summed E-state index contributed by atoms with van der Waals surface area (Å²) < 4.78 is 24.4. The van der Waals surface area contributed by atoms with Crippen LogP contribution in [0.5, 0.6) is 0 Å². The minimum atomic E-state index is -3.05. The number of fused-ring (bicyclic) bond motifs is 1. The molecule has 2 aromatic rings. The third-order valence-corrected chi connectivity index (χ3v) is 9.49. The molecule has 0 aliphatic heterocycles. The molecule has 0 atom stereocenters. The van der Waals surface area contributed by atoms with E-state index in [1.807, 2.05) is 12.1 Å². The Morgan fingerprint density at radius 2 is 1.83 bits per heavy atom. The number of hydrogen-bond donors (Lipinski definition) is 0. The van der Waals surface area contributed by atoms with Gasteiger partial charge in [0.15, 0.2) is 9.84 Å². The molecule has 0 aromatic carbocycles. The lowest BCUT2D eigenvalue weighted by atomic mass is 9.78. The fraction of sp³-hybridized carbons (Fsp3) is 0.500. The normalized spacial score (nSPS) is 21.9. The third kappa shape index (κ3) is 4.47. The van der Waals surface area contributed by atoms with E-state index in [-0.39, 0.29) is 5.92 Å². The van der Waals surface area contributed by atoms with Crippen molar-refractivity contribution in [3.8, 4) is 11.3 Å². The van der Waals surface area contributed by atoms with E-state index in [1.165, 1.54) is 11.1 Å². The second-order valence-electron chi connectivity index (χ2n) is 9.62. The summed E-state index contributed by atoms with van der Waals surface area (Å²) in [4.78, 5) is 8.90. The molecule has 0 amide bonds. The number of hydrogen-bond acceptors (Lipinski definition) is 4. The first-order valence-electron chi connectivity index (χ1n) is 10.7. The van der Waals surface area contributed by atoms with Crippen LogP contribution in [0.15, 0.2) is 36.0 Å². The van der Waals surface area contributed by atoms with Gasteiger partial charge in [-0.25, -0.2) is 18.4 Å². The first-order chi connectivity index (χ1) is 14.1. The molecule has 160 valence electrons. The SMILES string of the molecule is CC(C)(C)S(=O)(=O)CC1CCC(C2=Cc3nc(-c4ccnc(Cl)c4)ccc3C2)CC1. The largest absolute Gasteiger partial charge is 0.248 e. The number of rotatable bonds is 4. The molecule has 0 radical (unpaired) electrons. The number of sulfone groups is 1. The van der Waals surface area contributed by atoms with Crippen molar-refractivity contribution < 1.29 is 8.42 Å². The molecular formula is C24H29ClN2O2S. The van der Waals surface area contributed by atoms with Crippen molar-refractivity contribution in [3.63, 3.8) is 0 Å². The number of aromatic nitrogens is 2. The lowest BCUT2D eigenvalue weighted by Crippen LogP contribution is -2.34. The zero-order valence-electron chi connectivity index (χ0n) is 17.9. The Labute approximate surface area is 184 Å². The summed E-state index contributed by atoms with van der Waals surface area (Å²) in [6.45, 7) is 5.40. The quantitative estimate of drug-likeness (QED) is 0.562. The molecule has 0 saturated heterocycles. The molecule has 0 spiro atoms. The van der Waals surface area contributed by atoms with Crippen LogP contribution in [0, 0.1) is 11.8 Å². The van der Waals surface area contributed by atoms with Crippen LogP contribution in [0.25, 0.3) is 17.3 Å². The number of pyridine rings is 2. The lowest BCUT2D eigenvalue weighted by Gasteiger charge is -2.31. The fourth-order valence-corrected chi connectivity index (χ4v) is 6.10. The second kappa shape index (κ2) is 8.08. The monoisotopic (exact) mass is 444 g/mol. The molecule has 1 fully saturated rings. The van der Waals surface area contributed by atoms with Gasteiger partial charge in [-0.1, -0.05) is 23.2 Å². The molecule has 1 saturated carbocycles. The summed E-state index contributed by atoms with van der Waals surface area (Å²) >= 11 is 6.02. The predicted molar refractivity (Wildman–Crippen MR) is 123 cm³/mol. The van der Waals surface area contributed by atoms with Crippen LogP contribution in [-0.2, 0) is 16.3 Å². The molecule has 0 N–H and O–H groups in total. The van der Waals surface area contributed by atoms with Gasteiger partial charge in [0.05, 0.1) is 21.9 Å². The standard InChI is InChI=1S/C24H29ClN2O2S/c1-24(2,3)30(28,29)15-16-4-6-17(7-5-16)20-12-18-8-9-21(27-22(18)13-20)19-10-11-26-23(25)14-19/h8-11,13-14,16-17H,4-7,12,15H2,1-3H3. The van der Waals surface area contributed by atoms with Crippen LogP contribution in [0.4, 0.5) is 0 Å². The van der Waals surface area contributed by atoms with E-state index >= 15 is 0 Å². The average Bonchev–Trinajstić information content (AvgIpc) is 3.10. The molecule has 0 bridgehead atoms. The fourth-order valence-electron chi connectivity index (χ4n) is 4.47. The van der Waals surface area contributed by atoms with Crippen LogP contribution in [0.1, 0.15) is 57.7 Å². The van der Waals surface area contributed by atoms with Crippen LogP contribution in [0.3, 0.4) is 0 Å². The highest BCUT2D eigenvalue weighted by Crippen LogP contribution is 2.40. The van der Waals surface area contributed by atoms with E-state index in [2.05, 4.69) is 23.2 Å². The topological polar surface area (TPSA) is 59.9 Å². The van der Waals surface area contributed by atoms with Crippen molar-refractivity contribution in [2.75, 3.05) is 5.75 Å². The third-order valence-electron chi connectivity index (χ3n) is 6.51. The van der Waals surface area contributed by atoms with Gasteiger partial charge in [-0.05, 0) is 94.5 Å². The summed E-state index contributed by atoms with van der Waals surface area (Å²) in [5.74, 6) is 1.14. The molecule has 4 nitrogen and oxygen atoms in total. The minimum Gasteiger partial charge on any atom is -0.248 e. The van der Waals surface area contributed by atoms with Crippen molar-refractivity contribution in [2.45, 2.75) is 57.6 Å². The van der Waals surface area contributed by atoms with Crippen molar-refractivity contribution in [1.29, 1.82) is 0 Å². The lowest BCUT2D eigenvalue weighted by molar-refractivity contribution is 0.319. The van der Waals surface area contributed by atoms with Crippen molar-refractivity contribution in [2.24, 2.45) is 11.8 Å². The summed E-state index contributed by atoms with van der Waals surface area (Å²) in [5.41, 5.74) is 5.64. The Balaban J connectivity index is 1.43. The van der Waals surface area contributed by atoms with E-state index in [0.29, 0.717) is 16.8 Å². The van der Waals surface area contributed by atoms with Gasteiger partial charge in [0.25, 0.3) is 0 Å². The Bertz CT molecular complexity index is 1080. The summed E-state index contributed by atoms with van der Waals surface area (Å²) in [5, 5.41) is 0.469. The molecule has 30 heavy (non-hydrogen) atoms. The molecule has 2 heterocycles. The van der Waals surface area contributed by atoms with E-state index in [0.717, 1.165) is 49.1 Å². The van der Waals surface area contributed by atoms with Gasteiger partial charge >= 0.3 is 0 Å². The van der Waals surface area contributed by atoms with E-state index in [4.69, 9.17) is 16.6 Å². The Morgan fingerprint density at radius 1 is 1.10 bits per heavy atom. The van der Waals surface area contributed by atoms with Gasteiger partial charge in [-0.3, -0.25) is 0 Å². The van der Waals surface area contributed by atoms with Crippen molar-refractivity contribution in [3.05, 3.63) is 52.4 Å². The molecule has 6 heteroatoms. The Kier molecular flexibility index (Phi) is 5.80. The highest BCUT2D eigenvalue weighted by Gasteiger charge is 2.34. The highest BCUT2D eigenvalue weighted by atomic mass is 35.5. The van der Waals surface area contributed by atoms with Crippen molar-refractivity contribution in [1.82, 2.24) is 9.97 Å². The maximum Gasteiger partial charge on any atom is 0.155 e. The molecule has 4 rings (SSSR count). The minimum absolute atomic E-state index is 0.288. The zero-order chi connectivity index (χ0) is 21.5. The van der Waals surface area contributed by atoms with E-state index in [9.17, 15) is 8.42 Å².